The van der Waals surface area contributed by atoms with E-state index in [1.54, 1.807) is 12.1 Å². The molecule has 2 aromatic carbocycles. The van der Waals surface area contributed by atoms with Crippen LogP contribution in [0.2, 0.25) is 0 Å². The lowest BCUT2D eigenvalue weighted by molar-refractivity contribution is -0.136. The molecule has 162 valence electrons. The number of hydrogen-bond acceptors (Lipinski definition) is 5. The predicted octanol–water partition coefficient (Wildman–Crippen LogP) is 2.43. The summed E-state index contributed by atoms with van der Waals surface area (Å²) in [5.74, 6) is -0.718. The number of hydrogen-bond donors (Lipinski definition) is 2. The molecule has 2 aliphatic heterocycles. The van der Waals surface area contributed by atoms with Crippen molar-refractivity contribution in [2.24, 2.45) is 0 Å². The summed E-state index contributed by atoms with van der Waals surface area (Å²) in [5.41, 5.74) is 2.32. The summed E-state index contributed by atoms with van der Waals surface area (Å²) in [6.07, 6.45) is 0. The summed E-state index contributed by atoms with van der Waals surface area (Å²) in [5, 5.41) is 5.62. The van der Waals surface area contributed by atoms with Crippen LogP contribution in [-0.2, 0) is 9.53 Å². The quantitative estimate of drug-likeness (QED) is 0.722. The van der Waals surface area contributed by atoms with Crippen molar-refractivity contribution < 1.29 is 18.7 Å². The fourth-order valence-electron chi connectivity index (χ4n) is 4.07. The Morgan fingerprint density at radius 1 is 1.06 bits per heavy atom. The molecule has 0 aromatic heterocycles. The Morgan fingerprint density at radius 3 is 2.42 bits per heavy atom. The number of piperazine rings is 1. The van der Waals surface area contributed by atoms with Crippen LogP contribution in [0.25, 0.3) is 0 Å². The number of urea groups is 1. The Morgan fingerprint density at radius 2 is 1.74 bits per heavy atom. The molecular formula is C23H25FN4O3. The van der Waals surface area contributed by atoms with Gasteiger partial charge in [-0.15, -0.1) is 0 Å². The van der Waals surface area contributed by atoms with E-state index in [9.17, 15) is 14.0 Å². The zero-order chi connectivity index (χ0) is 21.8. The van der Waals surface area contributed by atoms with Gasteiger partial charge in [0.15, 0.2) is 0 Å². The summed E-state index contributed by atoms with van der Waals surface area (Å²) in [4.78, 5) is 29.1. The van der Waals surface area contributed by atoms with Crippen LogP contribution >= 0.6 is 0 Å². The number of ether oxygens (including phenoxy) is 1. The Bertz CT molecular complexity index is 987. The Balaban J connectivity index is 1.54. The van der Waals surface area contributed by atoms with E-state index < -0.39 is 12.0 Å². The van der Waals surface area contributed by atoms with Crippen molar-refractivity contribution in [2.45, 2.75) is 6.04 Å². The van der Waals surface area contributed by atoms with Crippen LogP contribution in [0.4, 0.5) is 14.9 Å². The average molecular weight is 424 g/mol. The molecule has 2 aliphatic rings. The van der Waals surface area contributed by atoms with Crippen LogP contribution < -0.4 is 15.5 Å². The summed E-state index contributed by atoms with van der Waals surface area (Å²) >= 11 is 0. The van der Waals surface area contributed by atoms with Gasteiger partial charge in [0.25, 0.3) is 0 Å². The maximum absolute atomic E-state index is 14.1. The molecule has 0 spiro atoms. The fourth-order valence-corrected chi connectivity index (χ4v) is 4.07. The molecule has 2 N–H and O–H groups in total. The first-order chi connectivity index (χ1) is 15.1. The number of amides is 2. The molecule has 1 atom stereocenters. The molecule has 1 saturated heterocycles. The van der Waals surface area contributed by atoms with E-state index >= 15 is 0 Å². The van der Waals surface area contributed by atoms with Crippen LogP contribution in [0.15, 0.2) is 65.9 Å². The predicted molar refractivity (Wildman–Crippen MR) is 115 cm³/mol. The highest BCUT2D eigenvalue weighted by atomic mass is 19.1. The number of nitrogens with zero attached hydrogens (tertiary/aromatic N) is 2. The highest BCUT2D eigenvalue weighted by Crippen LogP contribution is 2.28. The molecule has 0 radical (unpaired) electrons. The molecular weight excluding hydrogens is 399 g/mol. The zero-order valence-electron chi connectivity index (χ0n) is 17.3. The molecule has 7 nitrogen and oxygen atoms in total. The lowest BCUT2D eigenvalue weighted by Gasteiger charge is -2.38. The van der Waals surface area contributed by atoms with Gasteiger partial charge in [-0.05, 0) is 17.7 Å². The summed E-state index contributed by atoms with van der Waals surface area (Å²) in [6.45, 7) is 3.04. The largest absolute Gasteiger partial charge is 0.466 e. The first-order valence-electron chi connectivity index (χ1n) is 10.2. The molecule has 0 bridgehead atoms. The second-order valence-corrected chi connectivity index (χ2v) is 7.54. The monoisotopic (exact) mass is 424 g/mol. The normalized spacial score (nSPS) is 19.6. The van der Waals surface area contributed by atoms with Crippen molar-refractivity contribution in [1.29, 1.82) is 0 Å². The number of anilines is 1. The van der Waals surface area contributed by atoms with Crippen LogP contribution in [0, 0.1) is 5.82 Å². The van der Waals surface area contributed by atoms with E-state index in [-0.39, 0.29) is 11.8 Å². The highest BCUT2D eigenvalue weighted by molar-refractivity contribution is 5.95. The minimum Gasteiger partial charge on any atom is -0.466 e. The summed E-state index contributed by atoms with van der Waals surface area (Å²) in [7, 11) is 1.33. The van der Waals surface area contributed by atoms with E-state index in [1.165, 1.54) is 13.2 Å². The maximum atomic E-state index is 14.1. The molecule has 0 aliphatic carbocycles. The Hall–Kier alpha value is -3.39. The summed E-state index contributed by atoms with van der Waals surface area (Å²) < 4.78 is 19.1. The van der Waals surface area contributed by atoms with Gasteiger partial charge >= 0.3 is 12.0 Å². The Labute approximate surface area is 180 Å². The van der Waals surface area contributed by atoms with Crippen molar-refractivity contribution in [3.05, 3.63) is 77.2 Å². The van der Waals surface area contributed by atoms with E-state index in [0.717, 1.165) is 5.56 Å². The van der Waals surface area contributed by atoms with Crippen LogP contribution in [0.3, 0.4) is 0 Å². The lowest BCUT2D eigenvalue weighted by Crippen LogP contribution is -2.51. The number of esters is 1. The topological polar surface area (TPSA) is 73.9 Å². The lowest BCUT2D eigenvalue weighted by atomic mass is 9.95. The minimum absolute atomic E-state index is 0.233. The number of nitrogens with one attached hydrogen (secondary N) is 2. The zero-order valence-corrected chi connectivity index (χ0v) is 17.3. The van der Waals surface area contributed by atoms with Gasteiger partial charge in [-0.3, -0.25) is 4.90 Å². The second kappa shape index (κ2) is 9.18. The third kappa shape index (κ3) is 4.54. The number of methoxy groups -OCH3 is 1. The average Bonchev–Trinajstić information content (AvgIpc) is 2.80. The molecule has 2 heterocycles. The number of halogens is 1. The van der Waals surface area contributed by atoms with Gasteiger partial charge in [0.2, 0.25) is 0 Å². The fraction of sp³-hybridized carbons (Fsp3) is 0.304. The number of benzene rings is 2. The van der Waals surface area contributed by atoms with E-state index in [0.29, 0.717) is 49.7 Å². The van der Waals surface area contributed by atoms with Crippen LogP contribution in [-0.4, -0.2) is 56.7 Å². The van der Waals surface area contributed by atoms with E-state index in [1.807, 2.05) is 41.3 Å². The van der Waals surface area contributed by atoms with Gasteiger partial charge in [-0.2, -0.15) is 0 Å². The molecule has 1 fully saturated rings. The summed E-state index contributed by atoms with van der Waals surface area (Å²) in [6, 6.07) is 15.1. The van der Waals surface area contributed by atoms with Crippen molar-refractivity contribution in [3.63, 3.8) is 0 Å². The van der Waals surface area contributed by atoms with Gasteiger partial charge < -0.3 is 20.3 Å². The maximum Gasteiger partial charge on any atom is 0.338 e. The number of rotatable bonds is 5. The first-order valence-corrected chi connectivity index (χ1v) is 10.2. The molecule has 31 heavy (non-hydrogen) atoms. The standard InChI is InChI=1S/C23H25FN4O3/c1-31-22(29)20-18(25-23(30)26-21(20)16-7-3-2-4-8-16)15-27-11-13-28(14-12-27)19-10-6-5-9-17(19)24/h2-10,21H,11-15H2,1H3,(H2,25,26,30). The molecule has 2 aromatic rings. The van der Waals surface area contributed by atoms with E-state index in [2.05, 4.69) is 15.5 Å². The molecule has 8 heteroatoms. The molecule has 4 rings (SSSR count). The van der Waals surface area contributed by atoms with Crippen molar-refractivity contribution in [2.75, 3.05) is 44.7 Å². The number of carbonyl (C=O) groups excluding carboxylic acids is 2. The smallest absolute Gasteiger partial charge is 0.338 e. The second-order valence-electron chi connectivity index (χ2n) is 7.54. The first kappa shape index (κ1) is 20.9. The van der Waals surface area contributed by atoms with Crippen LogP contribution in [0.5, 0.6) is 0 Å². The number of para-hydroxylation sites is 1. The third-order valence-electron chi connectivity index (χ3n) is 5.64. The minimum atomic E-state index is -0.586. The molecule has 0 saturated carbocycles. The van der Waals surface area contributed by atoms with Crippen molar-refractivity contribution in [1.82, 2.24) is 15.5 Å². The van der Waals surface area contributed by atoms with Gasteiger partial charge in [-0.1, -0.05) is 42.5 Å². The van der Waals surface area contributed by atoms with Gasteiger partial charge in [0, 0.05) is 38.4 Å². The van der Waals surface area contributed by atoms with Crippen molar-refractivity contribution in [3.8, 4) is 0 Å². The van der Waals surface area contributed by atoms with Gasteiger partial charge in [-0.25, -0.2) is 14.0 Å². The van der Waals surface area contributed by atoms with E-state index in [4.69, 9.17) is 4.74 Å². The number of carbonyl (C=O) groups is 2. The van der Waals surface area contributed by atoms with Gasteiger partial charge in [0.05, 0.1) is 24.4 Å². The van der Waals surface area contributed by atoms with Gasteiger partial charge in [0.1, 0.15) is 5.82 Å². The highest BCUT2D eigenvalue weighted by Gasteiger charge is 2.34. The molecule has 1 unspecified atom stereocenters. The van der Waals surface area contributed by atoms with Crippen molar-refractivity contribution >= 4 is 17.7 Å². The SMILES string of the molecule is COC(=O)C1=C(CN2CCN(c3ccccc3F)CC2)NC(=O)NC1c1ccccc1. The third-order valence-corrected chi connectivity index (χ3v) is 5.64. The van der Waals surface area contributed by atoms with Crippen LogP contribution in [0.1, 0.15) is 11.6 Å². The molecule has 2 amide bonds. The Kier molecular flexibility index (Phi) is 6.18.